The molecule has 8 nitrogen and oxygen atoms in total. The summed E-state index contributed by atoms with van der Waals surface area (Å²) in [7, 11) is -3.96. The summed E-state index contributed by atoms with van der Waals surface area (Å²) < 4.78 is 26.4. The number of aliphatic carboxylic acids is 1. The molecule has 9 heteroatoms. The number of benzene rings is 1. The van der Waals surface area contributed by atoms with Gasteiger partial charge in [-0.3, -0.25) is 4.79 Å². The van der Waals surface area contributed by atoms with Crippen LogP contribution < -0.4 is 10.0 Å². The fraction of sp³-hybridized carbons (Fsp3) is 0.429. The van der Waals surface area contributed by atoms with Crippen molar-refractivity contribution in [3.05, 3.63) is 30.3 Å². The van der Waals surface area contributed by atoms with E-state index in [0.29, 0.717) is 6.54 Å². The molecule has 124 valence electrons. The summed E-state index contributed by atoms with van der Waals surface area (Å²) in [6, 6.07) is 6.78. The molecule has 0 radical (unpaired) electrons. The van der Waals surface area contributed by atoms with Crippen LogP contribution in [0.15, 0.2) is 35.2 Å². The number of carbonyl (C=O) groups excluding carboxylic acids is 1. The molecule has 2 amide bonds. The Labute approximate surface area is 133 Å². The lowest BCUT2D eigenvalue weighted by atomic mass is 9.81. The molecule has 2 aliphatic rings. The maximum atomic E-state index is 12.3. The Morgan fingerprint density at radius 3 is 2.61 bits per heavy atom. The number of fused-ring (bicyclic) bond motifs is 1. The lowest BCUT2D eigenvalue weighted by Gasteiger charge is -2.22. The van der Waals surface area contributed by atoms with Gasteiger partial charge in [-0.15, -0.1) is 0 Å². The average Bonchev–Trinajstić information content (AvgIpc) is 3.05. The smallest absolute Gasteiger partial charge is 0.331 e. The molecule has 0 aromatic heterocycles. The van der Waals surface area contributed by atoms with Crippen molar-refractivity contribution in [2.24, 2.45) is 11.3 Å². The summed E-state index contributed by atoms with van der Waals surface area (Å²) in [5, 5.41) is 12.5. The van der Waals surface area contributed by atoms with E-state index >= 15 is 0 Å². The lowest BCUT2D eigenvalue weighted by Crippen LogP contribution is -2.45. The summed E-state index contributed by atoms with van der Waals surface area (Å²) >= 11 is 0. The highest BCUT2D eigenvalue weighted by Crippen LogP contribution is 2.39. The second kappa shape index (κ2) is 5.50. The maximum Gasteiger partial charge on any atom is 0.331 e. The molecule has 0 bridgehead atoms. The molecule has 0 spiro atoms. The van der Waals surface area contributed by atoms with Crippen molar-refractivity contribution in [3.63, 3.8) is 0 Å². The Morgan fingerprint density at radius 1 is 1.30 bits per heavy atom. The van der Waals surface area contributed by atoms with Crippen LogP contribution in [0.1, 0.15) is 0 Å². The first-order valence-electron chi connectivity index (χ1n) is 7.16. The van der Waals surface area contributed by atoms with E-state index in [2.05, 4.69) is 5.32 Å². The third-order valence-corrected chi connectivity index (χ3v) is 5.85. The number of nitrogens with one attached hydrogen (secondary N) is 2. The van der Waals surface area contributed by atoms with Gasteiger partial charge in [0.15, 0.2) is 0 Å². The Hall–Kier alpha value is -2.13. The average molecular weight is 339 g/mol. The third-order valence-electron chi connectivity index (χ3n) is 4.51. The molecule has 1 aromatic carbocycles. The van der Waals surface area contributed by atoms with E-state index in [1.165, 1.54) is 17.0 Å². The zero-order valence-electron chi connectivity index (χ0n) is 12.2. The van der Waals surface area contributed by atoms with E-state index in [4.69, 9.17) is 0 Å². The Bertz CT molecular complexity index is 736. The topological polar surface area (TPSA) is 116 Å². The minimum Gasteiger partial charge on any atom is -0.481 e. The van der Waals surface area contributed by atoms with Gasteiger partial charge in [0.05, 0.1) is 4.90 Å². The summed E-state index contributed by atoms with van der Waals surface area (Å²) in [6.07, 6.45) is 0. The summed E-state index contributed by atoms with van der Waals surface area (Å²) in [6.45, 7) is 0.995. The molecule has 2 fully saturated rings. The highest BCUT2D eigenvalue weighted by Gasteiger charge is 2.56. The van der Waals surface area contributed by atoms with Crippen LogP contribution in [-0.2, 0) is 14.8 Å². The van der Waals surface area contributed by atoms with Crippen LogP contribution in [-0.4, -0.2) is 56.6 Å². The number of hydrogen-bond donors (Lipinski definition) is 3. The van der Waals surface area contributed by atoms with Crippen molar-refractivity contribution in [1.29, 1.82) is 0 Å². The monoisotopic (exact) mass is 339 g/mol. The molecule has 1 aromatic rings. The molecule has 0 saturated carbocycles. The number of urea groups is 1. The molecular weight excluding hydrogens is 322 g/mol. The van der Waals surface area contributed by atoms with E-state index in [-0.39, 0.29) is 30.4 Å². The molecule has 0 unspecified atom stereocenters. The van der Waals surface area contributed by atoms with E-state index in [1.807, 2.05) is 4.72 Å². The Balaban J connectivity index is 1.74. The number of amides is 2. The van der Waals surface area contributed by atoms with Gasteiger partial charge >= 0.3 is 12.0 Å². The van der Waals surface area contributed by atoms with Gasteiger partial charge in [-0.05, 0) is 12.1 Å². The zero-order valence-corrected chi connectivity index (χ0v) is 13.0. The third kappa shape index (κ3) is 2.66. The number of carboxylic acid groups (broad SMARTS) is 1. The number of nitrogens with zero attached hydrogens (tertiary/aromatic N) is 1. The van der Waals surface area contributed by atoms with Gasteiger partial charge in [-0.2, -0.15) is 0 Å². The highest BCUT2D eigenvalue weighted by molar-refractivity contribution is 7.90. The largest absolute Gasteiger partial charge is 0.481 e. The van der Waals surface area contributed by atoms with Gasteiger partial charge in [0.2, 0.25) is 0 Å². The molecule has 2 saturated heterocycles. The second-order valence-electron chi connectivity index (χ2n) is 5.89. The molecular formula is C14H17N3O5S. The van der Waals surface area contributed by atoms with E-state index in [1.54, 1.807) is 18.2 Å². The molecule has 2 heterocycles. The van der Waals surface area contributed by atoms with Gasteiger partial charge in [-0.25, -0.2) is 17.9 Å². The second-order valence-corrected chi connectivity index (χ2v) is 7.58. The number of hydrogen-bond acceptors (Lipinski definition) is 5. The molecule has 2 aliphatic heterocycles. The first-order valence-corrected chi connectivity index (χ1v) is 8.64. The van der Waals surface area contributed by atoms with E-state index < -0.39 is 27.4 Å². The van der Waals surface area contributed by atoms with Crippen molar-refractivity contribution in [2.75, 3.05) is 26.2 Å². The van der Waals surface area contributed by atoms with Crippen LogP contribution in [0, 0.1) is 11.3 Å². The molecule has 23 heavy (non-hydrogen) atoms. The molecule has 3 rings (SSSR count). The Kier molecular flexibility index (Phi) is 3.77. The molecule has 0 aliphatic carbocycles. The zero-order chi connectivity index (χ0) is 16.7. The van der Waals surface area contributed by atoms with Gasteiger partial charge < -0.3 is 15.3 Å². The number of carbonyl (C=O) groups is 2. The van der Waals surface area contributed by atoms with Crippen LogP contribution in [0.4, 0.5) is 4.79 Å². The Morgan fingerprint density at radius 2 is 2.00 bits per heavy atom. The first kappa shape index (κ1) is 15.8. The minimum absolute atomic E-state index is 0.00383. The number of rotatable bonds is 3. The minimum atomic E-state index is -3.96. The van der Waals surface area contributed by atoms with E-state index in [0.717, 1.165) is 0 Å². The SMILES string of the molecule is O=C(NS(=O)(=O)c1ccccc1)N1C[C@@H]2CNC[C@]2(C(=O)O)C1. The van der Waals surface area contributed by atoms with Crippen molar-refractivity contribution in [3.8, 4) is 0 Å². The normalized spacial score (nSPS) is 26.8. The number of likely N-dealkylation sites (tertiary alicyclic amines) is 1. The maximum absolute atomic E-state index is 12.3. The highest BCUT2D eigenvalue weighted by atomic mass is 32.2. The summed E-state index contributed by atoms with van der Waals surface area (Å²) in [5.41, 5.74) is -1.03. The van der Waals surface area contributed by atoms with Crippen LogP contribution in [0.3, 0.4) is 0 Å². The van der Waals surface area contributed by atoms with Gasteiger partial charge in [0, 0.05) is 32.1 Å². The van der Waals surface area contributed by atoms with Crippen molar-refractivity contribution in [1.82, 2.24) is 14.9 Å². The fourth-order valence-electron chi connectivity index (χ4n) is 3.22. The predicted molar refractivity (Wildman–Crippen MR) is 80.2 cm³/mol. The first-order chi connectivity index (χ1) is 10.8. The molecule has 2 atom stereocenters. The number of carboxylic acids is 1. The van der Waals surface area contributed by atoms with Crippen LogP contribution in [0.25, 0.3) is 0 Å². The van der Waals surface area contributed by atoms with Gasteiger partial charge in [0.1, 0.15) is 5.41 Å². The molecule has 3 N–H and O–H groups in total. The van der Waals surface area contributed by atoms with Crippen LogP contribution in [0.5, 0.6) is 0 Å². The van der Waals surface area contributed by atoms with Crippen molar-refractivity contribution in [2.45, 2.75) is 4.90 Å². The van der Waals surface area contributed by atoms with Gasteiger partial charge in [0.25, 0.3) is 10.0 Å². The van der Waals surface area contributed by atoms with Gasteiger partial charge in [-0.1, -0.05) is 18.2 Å². The van der Waals surface area contributed by atoms with Crippen molar-refractivity contribution < 1.29 is 23.1 Å². The fourth-order valence-corrected chi connectivity index (χ4v) is 4.21. The lowest BCUT2D eigenvalue weighted by molar-refractivity contribution is -0.148. The number of sulfonamides is 1. The summed E-state index contributed by atoms with van der Waals surface area (Å²) in [4.78, 5) is 25.1. The quantitative estimate of drug-likeness (QED) is 0.696. The standard InChI is InChI=1S/C14H17N3O5S/c18-12(19)14-8-15-6-10(14)7-17(9-14)13(20)16-23(21,22)11-4-2-1-3-5-11/h1-5,10,15H,6-9H2,(H,16,20)(H,18,19)/t10-,14-/m0/s1. The van der Waals surface area contributed by atoms with Crippen molar-refractivity contribution >= 4 is 22.0 Å². The summed E-state index contributed by atoms with van der Waals surface area (Å²) in [5.74, 6) is -1.18. The van der Waals surface area contributed by atoms with E-state index in [9.17, 15) is 23.1 Å². The predicted octanol–water partition coefficient (Wildman–Crippen LogP) is -0.309. The van der Waals surface area contributed by atoms with Crippen LogP contribution in [0.2, 0.25) is 0 Å². The van der Waals surface area contributed by atoms with Crippen LogP contribution >= 0.6 is 0 Å².